The molecule has 0 spiro atoms. The summed E-state index contributed by atoms with van der Waals surface area (Å²) >= 11 is 0.897. The number of hydrogen-bond donors (Lipinski definition) is 3. The third kappa shape index (κ3) is 3.07. The van der Waals surface area contributed by atoms with Gasteiger partial charge < -0.3 is 16.4 Å². The molecule has 18 heavy (non-hydrogen) atoms. The van der Waals surface area contributed by atoms with Crippen molar-refractivity contribution in [1.82, 2.24) is 5.32 Å². The minimum atomic E-state index is -2.55. The minimum Gasteiger partial charge on any atom is -0.396 e. The predicted molar refractivity (Wildman–Crippen MR) is 65.9 cm³/mol. The maximum absolute atomic E-state index is 12.1. The monoisotopic (exact) mass is 274 g/mol. The van der Waals surface area contributed by atoms with E-state index >= 15 is 0 Å². The highest BCUT2D eigenvalue weighted by Gasteiger charge is 2.21. The van der Waals surface area contributed by atoms with E-state index in [9.17, 15) is 13.6 Å². The van der Waals surface area contributed by atoms with E-state index in [4.69, 9.17) is 11.0 Å². The predicted octanol–water partition coefficient (Wildman–Crippen LogP) is 1.63. The van der Waals surface area contributed by atoms with Crippen LogP contribution in [0.1, 0.15) is 22.2 Å². The molecule has 0 saturated carbocycles. The number of hydrogen-bond acceptors (Lipinski definition) is 5. The highest BCUT2D eigenvalue weighted by atomic mass is 32.1. The third-order valence-corrected chi connectivity index (χ3v) is 3.18. The molecule has 0 aromatic carbocycles. The lowest BCUT2D eigenvalue weighted by atomic mass is 10.2. The molecule has 1 aromatic rings. The Labute approximate surface area is 107 Å². The molecule has 0 radical (unpaired) electrons. The van der Waals surface area contributed by atoms with Gasteiger partial charge in [0.15, 0.2) is 0 Å². The molecule has 1 rings (SSSR count). The molecule has 1 heterocycles. The maximum Gasteiger partial charge on any atom is 0.263 e. The van der Waals surface area contributed by atoms with Gasteiger partial charge in [0.2, 0.25) is 0 Å². The first-order valence-corrected chi connectivity index (χ1v) is 5.95. The van der Waals surface area contributed by atoms with Crippen molar-refractivity contribution in [2.45, 2.75) is 13.3 Å². The topological polar surface area (TPSA) is 90.9 Å². The van der Waals surface area contributed by atoms with Crippen molar-refractivity contribution in [2.24, 2.45) is 0 Å². The van der Waals surface area contributed by atoms with Gasteiger partial charge in [0.05, 0.1) is 12.2 Å². The molecule has 5 nitrogen and oxygen atoms in total. The summed E-state index contributed by atoms with van der Waals surface area (Å²) in [5, 5.41) is 14.0. The fourth-order valence-corrected chi connectivity index (χ4v) is 2.25. The molecule has 1 amide bonds. The van der Waals surface area contributed by atoms with Gasteiger partial charge in [-0.1, -0.05) is 0 Å². The van der Waals surface area contributed by atoms with Gasteiger partial charge in [0.25, 0.3) is 12.3 Å². The number of halogens is 2. The number of nitriles is 1. The van der Waals surface area contributed by atoms with Crippen LogP contribution >= 0.6 is 11.3 Å². The SMILES string of the molecule is CCNC(=O)c1sc(NCC(F)F)c(C#N)c1N. The molecule has 0 fully saturated rings. The van der Waals surface area contributed by atoms with Crippen molar-refractivity contribution in [3.05, 3.63) is 10.4 Å². The minimum absolute atomic E-state index is 0.0187. The van der Waals surface area contributed by atoms with E-state index in [1.54, 1.807) is 13.0 Å². The Kier molecular flexibility index (Phi) is 4.85. The van der Waals surface area contributed by atoms with Gasteiger partial charge in [-0.05, 0) is 6.92 Å². The Balaban J connectivity index is 3.02. The van der Waals surface area contributed by atoms with Crippen molar-refractivity contribution in [3.63, 3.8) is 0 Å². The Bertz CT molecular complexity index is 481. The second-order valence-electron chi connectivity index (χ2n) is 3.29. The van der Waals surface area contributed by atoms with Crippen molar-refractivity contribution in [3.8, 4) is 6.07 Å². The van der Waals surface area contributed by atoms with Crippen LogP contribution in [-0.2, 0) is 0 Å². The van der Waals surface area contributed by atoms with E-state index in [1.807, 2.05) is 0 Å². The number of anilines is 2. The molecule has 98 valence electrons. The molecule has 0 unspecified atom stereocenters. The first-order chi connectivity index (χ1) is 8.51. The summed E-state index contributed by atoms with van der Waals surface area (Å²) in [5.41, 5.74) is 5.70. The van der Waals surface area contributed by atoms with Gasteiger partial charge in [0, 0.05) is 6.54 Å². The number of nitrogens with one attached hydrogen (secondary N) is 2. The molecule has 4 N–H and O–H groups in total. The molecule has 0 bridgehead atoms. The summed E-state index contributed by atoms with van der Waals surface area (Å²) in [7, 11) is 0. The second-order valence-corrected chi connectivity index (χ2v) is 4.31. The molecule has 0 aliphatic rings. The van der Waals surface area contributed by atoms with Crippen LogP contribution in [0.25, 0.3) is 0 Å². The zero-order valence-corrected chi connectivity index (χ0v) is 10.4. The van der Waals surface area contributed by atoms with Crippen LogP contribution in [0.5, 0.6) is 0 Å². The summed E-state index contributed by atoms with van der Waals surface area (Å²) in [6, 6.07) is 1.80. The summed E-state index contributed by atoms with van der Waals surface area (Å²) in [6.45, 7) is 1.56. The Hall–Kier alpha value is -1.88. The van der Waals surface area contributed by atoms with Gasteiger partial charge in [0.1, 0.15) is 21.5 Å². The van der Waals surface area contributed by atoms with E-state index in [0.29, 0.717) is 6.54 Å². The molecule has 8 heteroatoms. The number of rotatable bonds is 5. The van der Waals surface area contributed by atoms with E-state index in [2.05, 4.69) is 10.6 Å². The molecule has 1 aromatic heterocycles. The molecule has 0 aliphatic heterocycles. The molecule has 0 saturated heterocycles. The van der Waals surface area contributed by atoms with Crippen molar-refractivity contribution >= 4 is 27.9 Å². The van der Waals surface area contributed by atoms with Gasteiger partial charge >= 0.3 is 0 Å². The van der Waals surface area contributed by atoms with Crippen LogP contribution in [0, 0.1) is 11.3 Å². The molecular formula is C10H12F2N4OS. The standard InChI is InChI=1S/C10H12F2N4OS/c1-2-15-9(17)8-7(14)5(3-13)10(18-8)16-4-6(11)12/h6,16H,2,4,14H2,1H3,(H,15,17). The number of nitrogens with two attached hydrogens (primary N) is 1. The summed E-state index contributed by atoms with van der Waals surface area (Å²) in [5.74, 6) is -0.415. The molecule has 0 aliphatic carbocycles. The lowest BCUT2D eigenvalue weighted by molar-refractivity contribution is 0.0960. The lowest BCUT2D eigenvalue weighted by Crippen LogP contribution is -2.22. The largest absolute Gasteiger partial charge is 0.396 e. The van der Waals surface area contributed by atoms with Gasteiger partial charge in [-0.3, -0.25) is 4.79 Å². The van der Waals surface area contributed by atoms with E-state index < -0.39 is 18.9 Å². The molecular weight excluding hydrogens is 262 g/mol. The van der Waals surface area contributed by atoms with E-state index in [-0.39, 0.29) is 21.1 Å². The summed E-state index contributed by atoms with van der Waals surface area (Å²) in [6.07, 6.45) is -2.55. The van der Waals surface area contributed by atoms with Crippen LogP contribution in [0.4, 0.5) is 19.5 Å². The zero-order chi connectivity index (χ0) is 13.7. The number of nitrogens with zero attached hydrogens (tertiary/aromatic N) is 1. The average molecular weight is 274 g/mol. The highest BCUT2D eigenvalue weighted by Crippen LogP contribution is 2.35. The zero-order valence-electron chi connectivity index (χ0n) is 9.59. The van der Waals surface area contributed by atoms with Gasteiger partial charge in [-0.25, -0.2) is 8.78 Å². The van der Waals surface area contributed by atoms with Crippen LogP contribution in [-0.4, -0.2) is 25.4 Å². The number of amides is 1. The van der Waals surface area contributed by atoms with Crippen molar-refractivity contribution < 1.29 is 13.6 Å². The van der Waals surface area contributed by atoms with Crippen molar-refractivity contribution in [1.29, 1.82) is 5.26 Å². The average Bonchev–Trinajstić information content (AvgIpc) is 2.63. The van der Waals surface area contributed by atoms with Gasteiger partial charge in [-0.15, -0.1) is 11.3 Å². The summed E-state index contributed by atoms with van der Waals surface area (Å²) < 4.78 is 24.2. The number of carbonyl (C=O) groups excluding carboxylic acids is 1. The number of thiophene rings is 1. The third-order valence-electron chi connectivity index (χ3n) is 2.02. The first-order valence-electron chi connectivity index (χ1n) is 5.13. The maximum atomic E-state index is 12.1. The quantitative estimate of drug-likeness (QED) is 0.761. The van der Waals surface area contributed by atoms with Crippen LogP contribution in [0.2, 0.25) is 0 Å². The first kappa shape index (κ1) is 14.2. The van der Waals surface area contributed by atoms with E-state index in [1.165, 1.54) is 0 Å². The normalized spacial score (nSPS) is 10.2. The fourth-order valence-electron chi connectivity index (χ4n) is 1.26. The van der Waals surface area contributed by atoms with Crippen LogP contribution in [0.3, 0.4) is 0 Å². The number of nitrogen functional groups attached to an aromatic ring is 1. The Morgan fingerprint density at radius 2 is 2.28 bits per heavy atom. The highest BCUT2D eigenvalue weighted by molar-refractivity contribution is 7.18. The smallest absolute Gasteiger partial charge is 0.263 e. The van der Waals surface area contributed by atoms with Gasteiger partial charge in [-0.2, -0.15) is 5.26 Å². The lowest BCUT2D eigenvalue weighted by Gasteiger charge is -2.02. The van der Waals surface area contributed by atoms with Crippen LogP contribution in [0.15, 0.2) is 0 Å². The van der Waals surface area contributed by atoms with Crippen LogP contribution < -0.4 is 16.4 Å². The fraction of sp³-hybridized carbons (Fsp3) is 0.400. The Morgan fingerprint density at radius 1 is 1.61 bits per heavy atom. The number of alkyl halides is 2. The summed E-state index contributed by atoms with van der Waals surface area (Å²) in [4.78, 5) is 11.8. The number of carbonyl (C=O) groups is 1. The van der Waals surface area contributed by atoms with E-state index in [0.717, 1.165) is 11.3 Å². The van der Waals surface area contributed by atoms with Crippen molar-refractivity contribution in [2.75, 3.05) is 24.1 Å². The second kappa shape index (κ2) is 6.16. The Morgan fingerprint density at radius 3 is 2.78 bits per heavy atom. The molecule has 0 atom stereocenters.